The first-order valence-electron chi connectivity index (χ1n) is 10.5. The number of rotatable bonds is 4. The predicted octanol–water partition coefficient (Wildman–Crippen LogP) is 6.03. The van der Waals surface area contributed by atoms with Gasteiger partial charge in [-0.2, -0.15) is 13.2 Å². The van der Waals surface area contributed by atoms with Crippen LogP contribution in [0.25, 0.3) is 5.76 Å². The van der Waals surface area contributed by atoms with Gasteiger partial charge in [-0.05, 0) is 42.3 Å². The van der Waals surface area contributed by atoms with Crippen LogP contribution in [0.1, 0.15) is 35.2 Å². The molecule has 0 aliphatic carbocycles. The number of hydrogen-bond acceptors (Lipinski definition) is 3. The average Bonchev–Trinajstić information content (AvgIpc) is 3.08. The monoisotopic (exact) mass is 469 g/mol. The Bertz CT molecular complexity index is 1280. The van der Waals surface area contributed by atoms with E-state index in [1.165, 1.54) is 18.2 Å². The number of Topliss-reactive ketones (excluding diaryl/α,β-unsaturated/α-hetero) is 1. The van der Waals surface area contributed by atoms with Crippen molar-refractivity contribution in [2.24, 2.45) is 0 Å². The van der Waals surface area contributed by atoms with Gasteiger partial charge in [0.25, 0.3) is 11.7 Å². The van der Waals surface area contributed by atoms with Crippen LogP contribution in [-0.2, 0) is 22.2 Å². The van der Waals surface area contributed by atoms with Gasteiger partial charge in [-0.1, -0.05) is 49.4 Å². The maximum Gasteiger partial charge on any atom is 0.416 e. The number of benzene rings is 3. The number of ketones is 1. The molecule has 1 heterocycles. The molecule has 1 amide bonds. The highest BCUT2D eigenvalue weighted by Gasteiger charge is 2.48. The number of aliphatic hydroxyl groups excluding tert-OH is 1. The molecule has 4 rings (SSSR count). The van der Waals surface area contributed by atoms with Crippen molar-refractivity contribution in [2.75, 3.05) is 4.90 Å². The standard InChI is InChI=1S/C26H19F4NO3/c1-2-15-7-9-16(10-8-15)23(32)21-22(19-5-3-4-6-20(19)27)31(25(34)24(21)33)18-13-11-17(12-14-18)26(28,29)30/h3-14,22,32H,2H2,1H3/b23-21+. The summed E-state index contributed by atoms with van der Waals surface area (Å²) in [5.74, 6) is -3.38. The van der Waals surface area contributed by atoms with E-state index in [-0.39, 0.29) is 22.4 Å². The van der Waals surface area contributed by atoms with Crippen LogP contribution in [0.4, 0.5) is 23.2 Å². The number of carbonyl (C=O) groups is 2. The van der Waals surface area contributed by atoms with Crippen molar-refractivity contribution < 1.29 is 32.3 Å². The number of hydrogen-bond donors (Lipinski definition) is 1. The molecular formula is C26H19F4NO3. The first-order valence-corrected chi connectivity index (χ1v) is 10.5. The summed E-state index contributed by atoms with van der Waals surface area (Å²) >= 11 is 0. The molecule has 174 valence electrons. The summed E-state index contributed by atoms with van der Waals surface area (Å²) in [6, 6.07) is 14.3. The Balaban J connectivity index is 1.90. The highest BCUT2D eigenvalue weighted by molar-refractivity contribution is 6.51. The third-order valence-electron chi connectivity index (χ3n) is 5.75. The fourth-order valence-electron chi connectivity index (χ4n) is 3.95. The van der Waals surface area contributed by atoms with E-state index >= 15 is 0 Å². The zero-order chi connectivity index (χ0) is 24.6. The number of halogens is 4. The number of nitrogens with zero attached hydrogens (tertiary/aromatic N) is 1. The molecule has 0 aromatic heterocycles. The van der Waals surface area contributed by atoms with Crippen molar-refractivity contribution in [3.8, 4) is 0 Å². The number of anilines is 1. The van der Waals surface area contributed by atoms with Crippen molar-refractivity contribution in [3.05, 3.63) is 106 Å². The van der Waals surface area contributed by atoms with Gasteiger partial charge in [0, 0.05) is 16.8 Å². The quantitative estimate of drug-likeness (QED) is 0.220. The number of aryl methyl sites for hydroxylation is 1. The van der Waals surface area contributed by atoms with Gasteiger partial charge in [0.05, 0.1) is 17.2 Å². The number of aliphatic hydroxyl groups is 1. The largest absolute Gasteiger partial charge is 0.507 e. The second-order valence-corrected chi connectivity index (χ2v) is 7.79. The van der Waals surface area contributed by atoms with E-state index in [1.54, 1.807) is 24.3 Å². The fraction of sp³-hybridized carbons (Fsp3) is 0.154. The van der Waals surface area contributed by atoms with Gasteiger partial charge in [-0.3, -0.25) is 14.5 Å². The molecule has 1 N–H and O–H groups in total. The minimum atomic E-state index is -4.59. The molecule has 34 heavy (non-hydrogen) atoms. The van der Waals surface area contributed by atoms with Gasteiger partial charge < -0.3 is 5.11 Å². The van der Waals surface area contributed by atoms with Crippen molar-refractivity contribution >= 4 is 23.1 Å². The fourth-order valence-corrected chi connectivity index (χ4v) is 3.95. The third kappa shape index (κ3) is 4.07. The first-order chi connectivity index (χ1) is 16.1. The highest BCUT2D eigenvalue weighted by Crippen LogP contribution is 2.43. The maximum absolute atomic E-state index is 14.8. The summed E-state index contributed by atoms with van der Waals surface area (Å²) in [5, 5.41) is 11.0. The molecular weight excluding hydrogens is 450 g/mol. The van der Waals surface area contributed by atoms with Crippen LogP contribution in [0.15, 0.2) is 78.4 Å². The summed E-state index contributed by atoms with van der Waals surface area (Å²) in [7, 11) is 0. The molecule has 0 saturated carbocycles. The van der Waals surface area contributed by atoms with Crippen LogP contribution in [0.3, 0.4) is 0 Å². The van der Waals surface area contributed by atoms with Crippen LogP contribution < -0.4 is 4.90 Å². The SMILES string of the molecule is CCc1ccc(/C(O)=C2\C(=O)C(=O)N(c3ccc(C(F)(F)F)cc3)C2c2ccccc2F)cc1. The lowest BCUT2D eigenvalue weighted by molar-refractivity contribution is -0.137. The summed E-state index contributed by atoms with van der Waals surface area (Å²) in [5.41, 5.74) is -0.168. The van der Waals surface area contributed by atoms with Crippen LogP contribution in [0.5, 0.6) is 0 Å². The van der Waals surface area contributed by atoms with E-state index in [4.69, 9.17) is 0 Å². The van der Waals surface area contributed by atoms with Crippen molar-refractivity contribution in [2.45, 2.75) is 25.6 Å². The van der Waals surface area contributed by atoms with Gasteiger partial charge in [-0.25, -0.2) is 4.39 Å². The Labute approximate surface area is 192 Å². The lowest BCUT2D eigenvalue weighted by Crippen LogP contribution is -2.30. The summed E-state index contributed by atoms with van der Waals surface area (Å²) in [4.78, 5) is 27.0. The Morgan fingerprint density at radius 1 is 0.941 bits per heavy atom. The van der Waals surface area contributed by atoms with Crippen LogP contribution >= 0.6 is 0 Å². The zero-order valence-corrected chi connectivity index (χ0v) is 17.9. The van der Waals surface area contributed by atoms with E-state index < -0.39 is 41.0 Å². The Morgan fingerprint density at radius 3 is 2.12 bits per heavy atom. The van der Waals surface area contributed by atoms with Gasteiger partial charge in [0.15, 0.2) is 0 Å². The topological polar surface area (TPSA) is 57.6 Å². The molecule has 4 nitrogen and oxygen atoms in total. The molecule has 3 aromatic rings. The molecule has 1 aliphatic heterocycles. The molecule has 8 heteroatoms. The molecule has 1 atom stereocenters. The van der Waals surface area contributed by atoms with E-state index in [0.717, 1.165) is 47.2 Å². The minimum Gasteiger partial charge on any atom is -0.507 e. The second kappa shape index (κ2) is 8.78. The average molecular weight is 469 g/mol. The lowest BCUT2D eigenvalue weighted by Gasteiger charge is -2.26. The second-order valence-electron chi connectivity index (χ2n) is 7.79. The van der Waals surface area contributed by atoms with Crippen LogP contribution in [0.2, 0.25) is 0 Å². The van der Waals surface area contributed by atoms with E-state index in [9.17, 15) is 32.3 Å². The Morgan fingerprint density at radius 2 is 1.56 bits per heavy atom. The van der Waals surface area contributed by atoms with Gasteiger partial charge in [-0.15, -0.1) is 0 Å². The number of alkyl halides is 3. The minimum absolute atomic E-state index is 0.0382. The van der Waals surface area contributed by atoms with E-state index in [1.807, 2.05) is 6.92 Å². The van der Waals surface area contributed by atoms with Gasteiger partial charge in [0.2, 0.25) is 0 Å². The molecule has 1 fully saturated rings. The Hall–Kier alpha value is -3.94. The van der Waals surface area contributed by atoms with Crippen LogP contribution in [0, 0.1) is 5.82 Å². The van der Waals surface area contributed by atoms with Crippen LogP contribution in [-0.4, -0.2) is 16.8 Å². The Kier molecular flexibility index (Phi) is 6.00. The molecule has 0 bridgehead atoms. The number of amides is 1. The normalized spacial score (nSPS) is 17.9. The summed E-state index contributed by atoms with van der Waals surface area (Å²) in [6.07, 6.45) is -3.85. The van der Waals surface area contributed by atoms with Gasteiger partial charge in [0.1, 0.15) is 11.6 Å². The van der Waals surface area contributed by atoms with Gasteiger partial charge >= 0.3 is 6.18 Å². The third-order valence-corrected chi connectivity index (χ3v) is 5.75. The summed E-state index contributed by atoms with van der Waals surface area (Å²) < 4.78 is 53.9. The number of carbonyl (C=O) groups excluding carboxylic acids is 2. The molecule has 1 saturated heterocycles. The highest BCUT2D eigenvalue weighted by atomic mass is 19.4. The maximum atomic E-state index is 14.8. The van der Waals surface area contributed by atoms with Crippen molar-refractivity contribution in [1.82, 2.24) is 0 Å². The van der Waals surface area contributed by atoms with Crippen molar-refractivity contribution in [1.29, 1.82) is 0 Å². The summed E-state index contributed by atoms with van der Waals surface area (Å²) in [6.45, 7) is 1.95. The smallest absolute Gasteiger partial charge is 0.416 e. The van der Waals surface area contributed by atoms with E-state index in [2.05, 4.69) is 0 Å². The van der Waals surface area contributed by atoms with Crippen molar-refractivity contribution in [3.63, 3.8) is 0 Å². The molecule has 3 aromatic carbocycles. The first kappa shape index (κ1) is 23.2. The zero-order valence-electron chi connectivity index (χ0n) is 17.9. The molecule has 1 unspecified atom stereocenters. The molecule has 0 radical (unpaired) electrons. The van der Waals surface area contributed by atoms with E-state index in [0.29, 0.717) is 0 Å². The predicted molar refractivity (Wildman–Crippen MR) is 118 cm³/mol. The lowest BCUT2D eigenvalue weighted by atomic mass is 9.94. The molecule has 0 spiro atoms. The molecule has 1 aliphatic rings.